The van der Waals surface area contributed by atoms with E-state index < -0.39 is 5.92 Å². The van der Waals surface area contributed by atoms with Crippen LogP contribution < -0.4 is 11.1 Å². The van der Waals surface area contributed by atoms with Gasteiger partial charge < -0.3 is 11.1 Å². The van der Waals surface area contributed by atoms with Crippen LogP contribution in [-0.4, -0.2) is 18.0 Å². The molecule has 4 heteroatoms. The molecule has 0 radical (unpaired) electrons. The minimum Gasteiger partial charge on any atom is -0.382 e. The second-order valence-electron chi connectivity index (χ2n) is 7.01. The van der Waals surface area contributed by atoms with Crippen molar-refractivity contribution in [2.45, 2.75) is 75.3 Å². The molecule has 0 heterocycles. The maximum absolute atomic E-state index is 13.2. The van der Waals surface area contributed by atoms with Crippen molar-refractivity contribution in [1.82, 2.24) is 0 Å². The van der Waals surface area contributed by atoms with Crippen molar-refractivity contribution >= 4 is 5.69 Å². The van der Waals surface area contributed by atoms with Gasteiger partial charge in [-0.2, -0.15) is 0 Å². The largest absolute Gasteiger partial charge is 0.382 e. The molecule has 122 valence electrons. The smallest absolute Gasteiger partial charge is 0.248 e. The Labute approximate surface area is 131 Å². The summed E-state index contributed by atoms with van der Waals surface area (Å²) in [6.07, 6.45) is 5.68. The molecule has 3 rings (SSSR count). The predicted molar refractivity (Wildman–Crippen MR) is 86.5 cm³/mol. The Bertz CT molecular complexity index is 468. The fourth-order valence-corrected chi connectivity index (χ4v) is 3.72. The quantitative estimate of drug-likeness (QED) is 0.852. The molecule has 0 aliphatic heterocycles. The molecule has 2 saturated carbocycles. The highest BCUT2D eigenvalue weighted by Gasteiger charge is 2.35. The van der Waals surface area contributed by atoms with Crippen molar-refractivity contribution in [2.24, 2.45) is 5.73 Å². The van der Waals surface area contributed by atoms with Gasteiger partial charge in [0.05, 0.1) is 0 Å². The highest BCUT2D eigenvalue weighted by Crippen LogP contribution is 2.41. The van der Waals surface area contributed by atoms with Crippen LogP contribution in [-0.2, 0) is 0 Å². The van der Waals surface area contributed by atoms with Gasteiger partial charge in [-0.15, -0.1) is 0 Å². The molecular weight excluding hydrogens is 282 g/mol. The molecule has 0 bridgehead atoms. The van der Waals surface area contributed by atoms with Crippen molar-refractivity contribution in [3.8, 4) is 0 Å². The van der Waals surface area contributed by atoms with Gasteiger partial charge in [-0.1, -0.05) is 12.1 Å². The van der Waals surface area contributed by atoms with Crippen LogP contribution in [0.5, 0.6) is 0 Å². The summed E-state index contributed by atoms with van der Waals surface area (Å²) in [6.45, 7) is 0. The van der Waals surface area contributed by atoms with Gasteiger partial charge in [0.15, 0.2) is 0 Å². The lowest BCUT2D eigenvalue weighted by Crippen LogP contribution is -2.32. The van der Waals surface area contributed by atoms with Gasteiger partial charge in [0, 0.05) is 30.6 Å². The fraction of sp³-hybridized carbons (Fsp3) is 0.667. The fourth-order valence-electron chi connectivity index (χ4n) is 3.72. The maximum atomic E-state index is 13.2. The van der Waals surface area contributed by atoms with Gasteiger partial charge in [-0.25, -0.2) is 8.78 Å². The molecule has 2 aliphatic rings. The van der Waals surface area contributed by atoms with Gasteiger partial charge in [0.1, 0.15) is 0 Å². The zero-order valence-electron chi connectivity index (χ0n) is 13.0. The minimum atomic E-state index is -2.44. The zero-order valence-corrected chi connectivity index (χ0v) is 13.0. The Hall–Kier alpha value is -1.16. The number of hydrogen-bond donors (Lipinski definition) is 2. The topological polar surface area (TPSA) is 38.0 Å². The number of alkyl halides is 2. The molecule has 2 aliphatic carbocycles. The molecule has 0 atom stereocenters. The number of halogens is 2. The third kappa shape index (κ3) is 3.97. The van der Waals surface area contributed by atoms with Gasteiger partial charge in [0.25, 0.3) is 0 Å². The van der Waals surface area contributed by atoms with Crippen molar-refractivity contribution < 1.29 is 8.78 Å². The molecule has 3 N–H and O–H groups in total. The zero-order chi connectivity index (χ0) is 15.6. The van der Waals surface area contributed by atoms with Gasteiger partial charge in [-0.3, -0.25) is 0 Å². The van der Waals surface area contributed by atoms with E-state index in [-0.39, 0.29) is 12.8 Å². The van der Waals surface area contributed by atoms with Crippen LogP contribution in [0.3, 0.4) is 0 Å². The second-order valence-corrected chi connectivity index (χ2v) is 7.01. The number of benzene rings is 1. The highest BCUT2D eigenvalue weighted by atomic mass is 19.3. The molecule has 0 saturated heterocycles. The van der Waals surface area contributed by atoms with E-state index >= 15 is 0 Å². The summed E-state index contributed by atoms with van der Waals surface area (Å²) in [7, 11) is 0. The van der Waals surface area contributed by atoms with E-state index in [1.54, 1.807) is 0 Å². The number of anilines is 1. The van der Waals surface area contributed by atoms with Gasteiger partial charge in [-0.05, 0) is 62.1 Å². The SMILES string of the molecule is NC1CCC(Nc2ccc(C3CCC(F)(F)CC3)cc2)CC1. The normalized spacial score (nSPS) is 29.2. The lowest BCUT2D eigenvalue weighted by Gasteiger charge is -2.29. The first kappa shape index (κ1) is 15.7. The Balaban J connectivity index is 1.54. The molecule has 2 fully saturated rings. The first-order valence-corrected chi connectivity index (χ1v) is 8.52. The number of rotatable bonds is 3. The molecule has 0 amide bonds. The standard InChI is InChI=1S/C18H26F2N2/c19-18(20)11-9-14(10-12-18)13-1-5-16(6-2-13)22-17-7-3-15(21)4-8-17/h1-2,5-6,14-15,17,22H,3-4,7-12,21H2. The summed E-state index contributed by atoms with van der Waals surface area (Å²) in [5.41, 5.74) is 8.26. The second kappa shape index (κ2) is 6.53. The average Bonchev–Trinajstić information content (AvgIpc) is 2.51. The third-order valence-corrected chi connectivity index (χ3v) is 5.24. The molecule has 2 nitrogen and oxygen atoms in total. The van der Waals surface area contributed by atoms with E-state index in [0.717, 1.165) is 31.4 Å². The summed E-state index contributed by atoms with van der Waals surface area (Å²) in [5, 5.41) is 3.57. The minimum absolute atomic E-state index is 0.0278. The first-order valence-electron chi connectivity index (χ1n) is 8.52. The van der Waals surface area contributed by atoms with Crippen molar-refractivity contribution in [1.29, 1.82) is 0 Å². The molecule has 0 unspecified atom stereocenters. The molecule has 1 aromatic rings. The molecule has 0 aromatic heterocycles. The predicted octanol–water partition coefficient (Wildman–Crippen LogP) is 4.66. The monoisotopic (exact) mass is 308 g/mol. The lowest BCUT2D eigenvalue weighted by molar-refractivity contribution is -0.0382. The van der Waals surface area contributed by atoms with Crippen LogP contribution in [0.1, 0.15) is 62.8 Å². The average molecular weight is 308 g/mol. The van der Waals surface area contributed by atoms with Crippen LogP contribution in [0, 0.1) is 0 Å². The van der Waals surface area contributed by atoms with E-state index in [1.807, 2.05) is 0 Å². The van der Waals surface area contributed by atoms with E-state index in [2.05, 4.69) is 29.6 Å². The summed E-state index contributed by atoms with van der Waals surface area (Å²) in [6, 6.07) is 9.27. The van der Waals surface area contributed by atoms with E-state index in [0.29, 0.717) is 30.8 Å². The molecule has 0 spiro atoms. The lowest BCUT2D eigenvalue weighted by atomic mass is 9.82. The molecule has 22 heavy (non-hydrogen) atoms. The number of nitrogens with two attached hydrogens (primary N) is 1. The van der Waals surface area contributed by atoms with E-state index in [1.165, 1.54) is 5.56 Å². The third-order valence-electron chi connectivity index (χ3n) is 5.24. The van der Waals surface area contributed by atoms with Crippen LogP contribution in [0.25, 0.3) is 0 Å². The van der Waals surface area contributed by atoms with Crippen LogP contribution >= 0.6 is 0 Å². The Kier molecular flexibility index (Phi) is 4.67. The summed E-state index contributed by atoms with van der Waals surface area (Å²) < 4.78 is 26.5. The van der Waals surface area contributed by atoms with Crippen molar-refractivity contribution in [3.63, 3.8) is 0 Å². The Morgan fingerprint density at radius 2 is 1.50 bits per heavy atom. The summed E-state index contributed by atoms with van der Waals surface area (Å²) >= 11 is 0. The highest BCUT2D eigenvalue weighted by molar-refractivity contribution is 5.46. The number of nitrogens with one attached hydrogen (secondary N) is 1. The maximum Gasteiger partial charge on any atom is 0.248 e. The summed E-state index contributed by atoms with van der Waals surface area (Å²) in [5.74, 6) is -2.15. The molecule has 1 aromatic carbocycles. The van der Waals surface area contributed by atoms with Crippen LogP contribution in [0.4, 0.5) is 14.5 Å². The Morgan fingerprint density at radius 1 is 0.909 bits per heavy atom. The van der Waals surface area contributed by atoms with Gasteiger partial charge in [0.2, 0.25) is 5.92 Å². The van der Waals surface area contributed by atoms with Crippen molar-refractivity contribution in [3.05, 3.63) is 29.8 Å². The first-order chi connectivity index (χ1) is 10.5. The van der Waals surface area contributed by atoms with Crippen LogP contribution in [0.2, 0.25) is 0 Å². The number of hydrogen-bond acceptors (Lipinski definition) is 2. The van der Waals surface area contributed by atoms with Gasteiger partial charge >= 0.3 is 0 Å². The van der Waals surface area contributed by atoms with E-state index in [4.69, 9.17) is 5.73 Å². The van der Waals surface area contributed by atoms with Crippen LogP contribution in [0.15, 0.2) is 24.3 Å². The molecular formula is C18H26F2N2. The Morgan fingerprint density at radius 3 is 2.09 bits per heavy atom. The summed E-state index contributed by atoms with van der Waals surface area (Å²) in [4.78, 5) is 0. The van der Waals surface area contributed by atoms with Crippen molar-refractivity contribution in [2.75, 3.05) is 5.32 Å². The van der Waals surface area contributed by atoms with E-state index in [9.17, 15) is 8.78 Å².